The van der Waals surface area contributed by atoms with Crippen LogP contribution in [0.4, 0.5) is 0 Å². The summed E-state index contributed by atoms with van der Waals surface area (Å²) in [5.74, 6) is -0.710. The van der Waals surface area contributed by atoms with E-state index >= 15 is 0 Å². The van der Waals surface area contributed by atoms with Crippen LogP contribution in [-0.2, 0) is 19.2 Å². The molecule has 6 nitrogen and oxygen atoms in total. The van der Waals surface area contributed by atoms with Crippen LogP contribution in [0.5, 0.6) is 0 Å². The highest BCUT2D eigenvalue weighted by Gasteiger charge is 2.19. The third-order valence-corrected chi connectivity index (χ3v) is 5.32. The summed E-state index contributed by atoms with van der Waals surface area (Å²) in [5, 5.41) is 3.76. The van der Waals surface area contributed by atoms with Gasteiger partial charge < -0.3 is 0 Å². The van der Waals surface area contributed by atoms with E-state index in [1.54, 1.807) is 78.9 Å². The predicted molar refractivity (Wildman–Crippen MR) is 113 cm³/mol. The minimum absolute atomic E-state index is 0.0493. The Balaban J connectivity index is 1.79. The van der Waals surface area contributed by atoms with Crippen molar-refractivity contribution in [2.75, 3.05) is 0 Å². The average Bonchev–Trinajstić information content (AvgIpc) is 2.78. The van der Waals surface area contributed by atoms with E-state index in [0.717, 1.165) is 0 Å². The van der Waals surface area contributed by atoms with Gasteiger partial charge in [-0.15, -0.1) is 0 Å². The molecule has 3 rings (SSSR count). The number of benzene rings is 3. The quantitative estimate of drug-likeness (QED) is 0.225. The first kappa shape index (κ1) is 21.1. The smallest absolute Gasteiger partial charge is 0.299 e. The maximum Gasteiger partial charge on any atom is 0.358 e. The van der Waals surface area contributed by atoms with Crippen LogP contribution in [0.2, 0.25) is 0 Å². The number of carbonyl (C=O) groups is 2. The van der Waals surface area contributed by atoms with Gasteiger partial charge in [-0.25, -0.2) is 0 Å². The van der Waals surface area contributed by atoms with Crippen molar-refractivity contribution in [3.63, 3.8) is 0 Å². The van der Waals surface area contributed by atoms with Gasteiger partial charge in [0.25, 0.3) is 0 Å². The Morgan fingerprint density at radius 1 is 0.700 bits per heavy atom. The van der Waals surface area contributed by atoms with Gasteiger partial charge in [-0.1, -0.05) is 84.0 Å². The van der Waals surface area contributed by atoms with Crippen molar-refractivity contribution in [1.82, 2.24) is 0 Å². The molecule has 0 bridgehead atoms. The number of oxime groups is 1. The zero-order valence-corrected chi connectivity index (χ0v) is 16.8. The van der Waals surface area contributed by atoms with Crippen molar-refractivity contribution in [1.29, 1.82) is 0 Å². The van der Waals surface area contributed by atoms with Crippen LogP contribution in [0.3, 0.4) is 0 Å². The van der Waals surface area contributed by atoms with Crippen molar-refractivity contribution in [2.24, 2.45) is 5.16 Å². The van der Waals surface area contributed by atoms with Crippen LogP contribution < -0.4 is 0 Å². The van der Waals surface area contributed by atoms with Gasteiger partial charge in [-0.3, -0.25) is 13.9 Å². The summed E-state index contributed by atoms with van der Waals surface area (Å²) in [6, 6.07) is 24.7. The largest absolute Gasteiger partial charge is 0.358 e. The van der Waals surface area contributed by atoms with Crippen LogP contribution in [-0.4, -0.2) is 25.7 Å². The summed E-state index contributed by atoms with van der Waals surface area (Å²) >= 11 is 0. The van der Waals surface area contributed by atoms with Crippen molar-refractivity contribution in [3.05, 3.63) is 102 Å². The Morgan fingerprint density at radius 2 is 1.20 bits per heavy atom. The van der Waals surface area contributed by atoms with E-state index in [2.05, 4.69) is 5.16 Å². The molecule has 0 atom stereocenters. The maximum absolute atomic E-state index is 12.5. The van der Waals surface area contributed by atoms with Gasteiger partial charge >= 0.3 is 10.1 Å². The van der Waals surface area contributed by atoms with Gasteiger partial charge in [0.1, 0.15) is 10.7 Å². The summed E-state index contributed by atoms with van der Waals surface area (Å²) in [4.78, 5) is 24.7. The Labute approximate surface area is 174 Å². The van der Waals surface area contributed by atoms with Crippen molar-refractivity contribution in [3.8, 4) is 0 Å². The molecule has 0 spiro atoms. The van der Waals surface area contributed by atoms with Crippen molar-refractivity contribution < 1.29 is 22.3 Å². The van der Waals surface area contributed by atoms with Crippen LogP contribution in [0, 0.1) is 0 Å². The molecule has 0 fully saturated rings. The van der Waals surface area contributed by atoms with E-state index < -0.39 is 15.9 Å². The van der Waals surface area contributed by atoms with Crippen LogP contribution >= 0.6 is 0 Å². The van der Waals surface area contributed by atoms with E-state index in [1.807, 2.05) is 0 Å². The summed E-state index contributed by atoms with van der Waals surface area (Å²) in [7, 11) is -4.13. The molecule has 0 aliphatic rings. The molecule has 0 radical (unpaired) electrons. The zero-order chi connectivity index (χ0) is 21.4. The standard InChI is InChI=1S/C23H19NO5S/c25-20(17-23(26)19-12-6-2-7-13-19)16-22(18-10-4-1-5-11-18)24-29-30(27,28)21-14-8-3-9-15-21/h1-15H,16-17H2/b24-22+. The lowest BCUT2D eigenvalue weighted by atomic mass is 10.00. The fourth-order valence-electron chi connectivity index (χ4n) is 2.70. The Kier molecular flexibility index (Phi) is 6.87. The van der Waals surface area contributed by atoms with Gasteiger partial charge in [-0.2, -0.15) is 8.42 Å². The molecule has 0 amide bonds. The number of hydrogen-bond donors (Lipinski definition) is 0. The van der Waals surface area contributed by atoms with Gasteiger partial charge in [-0.05, 0) is 17.7 Å². The maximum atomic E-state index is 12.5. The molecule has 3 aromatic carbocycles. The van der Waals surface area contributed by atoms with E-state index in [1.165, 1.54) is 12.1 Å². The van der Waals surface area contributed by atoms with E-state index in [9.17, 15) is 18.0 Å². The van der Waals surface area contributed by atoms with Gasteiger partial charge in [0.15, 0.2) is 5.78 Å². The number of hydrogen-bond acceptors (Lipinski definition) is 6. The Hall–Kier alpha value is -3.58. The fraction of sp³-hybridized carbons (Fsp3) is 0.0870. The topological polar surface area (TPSA) is 89.9 Å². The minimum Gasteiger partial charge on any atom is -0.299 e. The molecule has 0 N–H and O–H groups in total. The second-order valence-electron chi connectivity index (χ2n) is 6.43. The monoisotopic (exact) mass is 421 g/mol. The number of nitrogens with zero attached hydrogens (tertiary/aromatic N) is 1. The molecule has 0 saturated heterocycles. The van der Waals surface area contributed by atoms with E-state index in [0.29, 0.717) is 11.1 Å². The van der Waals surface area contributed by atoms with Crippen LogP contribution in [0.1, 0.15) is 28.8 Å². The summed E-state index contributed by atoms with van der Waals surface area (Å²) in [6.45, 7) is 0. The average molecular weight is 421 g/mol. The molecular weight excluding hydrogens is 402 g/mol. The van der Waals surface area contributed by atoms with Crippen LogP contribution in [0.25, 0.3) is 0 Å². The highest BCUT2D eigenvalue weighted by atomic mass is 32.2. The zero-order valence-electron chi connectivity index (χ0n) is 16.0. The number of carbonyl (C=O) groups excluding carboxylic acids is 2. The summed E-state index contributed by atoms with van der Waals surface area (Å²) < 4.78 is 29.5. The van der Waals surface area contributed by atoms with E-state index in [-0.39, 0.29) is 29.2 Å². The number of Topliss-reactive ketones (excluding diaryl/α,β-unsaturated/α-hetero) is 2. The predicted octanol–water partition coefficient (Wildman–Crippen LogP) is 4.03. The normalized spacial score (nSPS) is 11.7. The molecule has 0 aromatic heterocycles. The van der Waals surface area contributed by atoms with Crippen LogP contribution in [0.15, 0.2) is 101 Å². The lowest BCUT2D eigenvalue weighted by molar-refractivity contribution is -0.117. The SMILES string of the molecule is O=C(CC(=O)c1ccccc1)C/C(=N\OS(=O)(=O)c1ccccc1)c1ccccc1. The molecular formula is C23H19NO5S. The first-order valence-corrected chi connectivity index (χ1v) is 10.6. The minimum atomic E-state index is -4.13. The lowest BCUT2D eigenvalue weighted by Gasteiger charge is -2.07. The first-order valence-electron chi connectivity index (χ1n) is 9.16. The summed E-state index contributed by atoms with van der Waals surface area (Å²) in [5.41, 5.74) is 1.09. The van der Waals surface area contributed by atoms with Crippen molar-refractivity contribution >= 4 is 27.4 Å². The molecule has 7 heteroatoms. The molecule has 0 saturated carbocycles. The Bertz CT molecular complexity index is 1140. The highest BCUT2D eigenvalue weighted by molar-refractivity contribution is 7.86. The highest BCUT2D eigenvalue weighted by Crippen LogP contribution is 2.15. The molecule has 3 aromatic rings. The second-order valence-corrected chi connectivity index (χ2v) is 7.96. The summed E-state index contributed by atoms with van der Waals surface area (Å²) in [6.07, 6.45) is -0.561. The molecule has 152 valence electrons. The second kappa shape index (κ2) is 9.76. The van der Waals surface area contributed by atoms with Crippen molar-refractivity contribution in [2.45, 2.75) is 17.7 Å². The molecule has 30 heavy (non-hydrogen) atoms. The number of rotatable bonds is 9. The molecule has 0 heterocycles. The first-order chi connectivity index (χ1) is 14.5. The third kappa shape index (κ3) is 5.71. The Morgan fingerprint density at radius 3 is 1.77 bits per heavy atom. The van der Waals surface area contributed by atoms with E-state index in [4.69, 9.17) is 4.28 Å². The number of ketones is 2. The fourth-order valence-corrected chi connectivity index (χ4v) is 3.46. The van der Waals surface area contributed by atoms with Gasteiger partial charge in [0.2, 0.25) is 0 Å². The molecule has 0 aliphatic heterocycles. The third-order valence-electron chi connectivity index (χ3n) is 4.20. The van der Waals surface area contributed by atoms with Gasteiger partial charge in [0, 0.05) is 5.56 Å². The van der Waals surface area contributed by atoms with Gasteiger partial charge in [0.05, 0.1) is 18.6 Å². The molecule has 0 unspecified atom stereocenters. The lowest BCUT2D eigenvalue weighted by Crippen LogP contribution is -2.15. The molecule has 0 aliphatic carbocycles.